The van der Waals surface area contributed by atoms with Gasteiger partial charge in [-0.1, -0.05) is 27.5 Å². The minimum Gasteiger partial charge on any atom is -0.496 e. The van der Waals surface area contributed by atoms with E-state index in [0.29, 0.717) is 10.8 Å². The van der Waals surface area contributed by atoms with Crippen molar-refractivity contribution in [1.82, 2.24) is 0 Å². The van der Waals surface area contributed by atoms with Crippen LogP contribution < -0.4 is 4.74 Å². The minimum atomic E-state index is -0.785. The number of methoxy groups -OCH3 is 1. The van der Waals surface area contributed by atoms with E-state index in [1.165, 1.54) is 11.3 Å². The van der Waals surface area contributed by atoms with E-state index in [1.54, 1.807) is 7.11 Å². The van der Waals surface area contributed by atoms with Crippen molar-refractivity contribution in [2.45, 2.75) is 26.9 Å². The van der Waals surface area contributed by atoms with Crippen LogP contribution in [-0.4, -0.2) is 12.2 Å². The van der Waals surface area contributed by atoms with Crippen molar-refractivity contribution in [2.24, 2.45) is 0 Å². The second-order valence-electron chi connectivity index (χ2n) is 4.75. The lowest BCUT2D eigenvalue weighted by molar-refractivity contribution is 0.217. The van der Waals surface area contributed by atoms with Gasteiger partial charge in [0, 0.05) is 10.0 Å². The quantitative estimate of drug-likeness (QED) is 0.801. The molecular weight excluding hydrogens is 360 g/mol. The summed E-state index contributed by atoms with van der Waals surface area (Å²) < 4.78 is 6.43. The number of ether oxygens (including phenoxy) is 1. The Bertz CT molecular complexity index is 652. The molecule has 1 N–H and O–H groups in total. The largest absolute Gasteiger partial charge is 0.496 e. The second kappa shape index (κ2) is 6.06. The highest BCUT2D eigenvalue weighted by atomic mass is 79.9. The maximum Gasteiger partial charge on any atom is 0.128 e. The summed E-state index contributed by atoms with van der Waals surface area (Å²) in [5.41, 5.74) is 3.68. The van der Waals surface area contributed by atoms with Crippen LogP contribution in [0.3, 0.4) is 0 Å². The Kier molecular flexibility index (Phi) is 4.80. The maximum atomic E-state index is 10.8. The molecule has 5 heteroatoms. The monoisotopic (exact) mass is 374 g/mol. The highest BCUT2D eigenvalue weighted by Crippen LogP contribution is 2.43. The van der Waals surface area contributed by atoms with Gasteiger partial charge in [0.1, 0.15) is 11.9 Å². The topological polar surface area (TPSA) is 29.5 Å². The van der Waals surface area contributed by atoms with Crippen LogP contribution in [0, 0.1) is 20.8 Å². The number of benzene rings is 1. The average Bonchev–Trinajstić information content (AvgIpc) is 2.73. The summed E-state index contributed by atoms with van der Waals surface area (Å²) >= 11 is 11.3. The third-order valence-electron chi connectivity index (χ3n) is 3.36. The van der Waals surface area contributed by atoms with Gasteiger partial charge in [-0.25, -0.2) is 0 Å². The highest BCUT2D eigenvalue weighted by Gasteiger charge is 2.25. The van der Waals surface area contributed by atoms with Gasteiger partial charge in [-0.05, 0) is 48.9 Å². The van der Waals surface area contributed by atoms with Crippen LogP contribution in [-0.2, 0) is 0 Å². The van der Waals surface area contributed by atoms with E-state index in [2.05, 4.69) is 15.9 Å². The lowest BCUT2D eigenvalue weighted by Gasteiger charge is -2.20. The fourth-order valence-corrected chi connectivity index (χ4v) is 4.09. The van der Waals surface area contributed by atoms with Gasteiger partial charge in [-0.3, -0.25) is 0 Å². The number of halogens is 2. The predicted octanol–water partition coefficient (Wildman–Crippen LogP) is 5.18. The summed E-state index contributed by atoms with van der Waals surface area (Å²) in [4.78, 5) is 0.753. The summed E-state index contributed by atoms with van der Waals surface area (Å²) in [5.74, 6) is 0.709. The molecule has 0 aliphatic heterocycles. The average molecular weight is 376 g/mol. The van der Waals surface area contributed by atoms with Crippen molar-refractivity contribution >= 4 is 38.9 Å². The molecule has 108 valence electrons. The van der Waals surface area contributed by atoms with Crippen molar-refractivity contribution in [3.63, 3.8) is 0 Å². The molecule has 0 spiro atoms. The lowest BCUT2D eigenvalue weighted by atomic mass is 9.98. The van der Waals surface area contributed by atoms with E-state index >= 15 is 0 Å². The van der Waals surface area contributed by atoms with Crippen molar-refractivity contribution in [1.29, 1.82) is 0 Å². The van der Waals surface area contributed by atoms with Crippen LogP contribution in [0.4, 0.5) is 0 Å². The van der Waals surface area contributed by atoms with Gasteiger partial charge < -0.3 is 9.84 Å². The van der Waals surface area contributed by atoms with Gasteiger partial charge >= 0.3 is 0 Å². The predicted molar refractivity (Wildman–Crippen MR) is 88.3 cm³/mol. The molecule has 1 atom stereocenters. The standard InChI is InChI=1S/C15H16BrClO2S/c1-7-5-10(16)9(3)11(14(7)19-4)13(18)15-12(17)8(2)6-20-15/h5-6,13,18H,1-4H3. The molecule has 1 aromatic heterocycles. The van der Waals surface area contributed by atoms with Gasteiger partial charge in [-0.15, -0.1) is 11.3 Å². The number of rotatable bonds is 3. The number of hydrogen-bond acceptors (Lipinski definition) is 3. The fourth-order valence-electron chi connectivity index (χ4n) is 2.24. The third kappa shape index (κ3) is 2.62. The van der Waals surface area contributed by atoms with E-state index in [0.717, 1.165) is 31.6 Å². The Labute approximate surface area is 136 Å². The van der Waals surface area contributed by atoms with E-state index in [1.807, 2.05) is 32.2 Å². The Morgan fingerprint density at radius 2 is 1.95 bits per heavy atom. The first-order valence-corrected chi connectivity index (χ1v) is 8.18. The molecular formula is C15H16BrClO2S. The zero-order valence-electron chi connectivity index (χ0n) is 11.8. The van der Waals surface area contributed by atoms with Crippen molar-refractivity contribution in [3.05, 3.63) is 48.1 Å². The van der Waals surface area contributed by atoms with Crippen LogP contribution in [0.25, 0.3) is 0 Å². The second-order valence-corrected chi connectivity index (χ2v) is 6.89. The summed E-state index contributed by atoms with van der Waals surface area (Å²) in [6.07, 6.45) is -0.785. The molecule has 0 fully saturated rings. The normalized spacial score (nSPS) is 12.6. The smallest absolute Gasteiger partial charge is 0.128 e. The first kappa shape index (κ1) is 15.8. The molecule has 0 saturated heterocycles. The maximum absolute atomic E-state index is 10.8. The molecule has 2 aromatic rings. The van der Waals surface area contributed by atoms with Crippen LogP contribution in [0.5, 0.6) is 5.75 Å². The fraction of sp³-hybridized carbons (Fsp3) is 0.333. The number of aliphatic hydroxyl groups excluding tert-OH is 1. The first-order valence-electron chi connectivity index (χ1n) is 6.13. The van der Waals surface area contributed by atoms with Crippen LogP contribution in [0.15, 0.2) is 15.9 Å². The number of aryl methyl sites for hydroxylation is 2. The van der Waals surface area contributed by atoms with Gasteiger partial charge in [0.2, 0.25) is 0 Å². The number of hydrogen-bond donors (Lipinski definition) is 1. The van der Waals surface area contributed by atoms with E-state index in [-0.39, 0.29) is 0 Å². The Morgan fingerprint density at radius 1 is 1.30 bits per heavy atom. The Balaban J connectivity index is 2.65. The van der Waals surface area contributed by atoms with Gasteiger partial charge in [0.05, 0.1) is 17.0 Å². The molecule has 2 rings (SSSR count). The molecule has 0 aliphatic carbocycles. The highest BCUT2D eigenvalue weighted by molar-refractivity contribution is 9.10. The summed E-state index contributed by atoms with van der Waals surface area (Å²) in [5, 5.41) is 13.3. The van der Waals surface area contributed by atoms with Crippen molar-refractivity contribution in [3.8, 4) is 5.75 Å². The van der Waals surface area contributed by atoms with Gasteiger partial charge in [0.25, 0.3) is 0 Å². The molecule has 20 heavy (non-hydrogen) atoms. The SMILES string of the molecule is COc1c(C)cc(Br)c(C)c1C(O)c1scc(C)c1Cl. The van der Waals surface area contributed by atoms with Crippen LogP contribution in [0.1, 0.15) is 33.2 Å². The molecule has 1 heterocycles. The molecule has 0 aliphatic rings. The van der Waals surface area contributed by atoms with Crippen molar-refractivity contribution in [2.75, 3.05) is 7.11 Å². The molecule has 1 aromatic carbocycles. The Morgan fingerprint density at radius 3 is 2.45 bits per heavy atom. The van der Waals surface area contributed by atoms with E-state index in [4.69, 9.17) is 16.3 Å². The van der Waals surface area contributed by atoms with Crippen LogP contribution >= 0.6 is 38.9 Å². The van der Waals surface area contributed by atoms with E-state index < -0.39 is 6.10 Å². The molecule has 0 radical (unpaired) electrons. The molecule has 2 nitrogen and oxygen atoms in total. The van der Waals surface area contributed by atoms with Crippen LogP contribution in [0.2, 0.25) is 5.02 Å². The molecule has 0 bridgehead atoms. The Hall–Kier alpha value is -0.550. The van der Waals surface area contributed by atoms with E-state index in [9.17, 15) is 5.11 Å². The zero-order chi connectivity index (χ0) is 15.0. The minimum absolute atomic E-state index is 0.626. The number of aliphatic hydroxyl groups is 1. The lowest BCUT2D eigenvalue weighted by Crippen LogP contribution is -2.06. The third-order valence-corrected chi connectivity index (χ3v) is 5.95. The first-order chi connectivity index (χ1) is 9.38. The summed E-state index contributed by atoms with van der Waals surface area (Å²) in [6, 6.07) is 1.99. The molecule has 1 unspecified atom stereocenters. The van der Waals surface area contributed by atoms with Gasteiger partial charge in [-0.2, -0.15) is 0 Å². The zero-order valence-corrected chi connectivity index (χ0v) is 14.9. The number of thiophene rings is 1. The van der Waals surface area contributed by atoms with Gasteiger partial charge in [0.15, 0.2) is 0 Å². The summed E-state index contributed by atoms with van der Waals surface area (Å²) in [6.45, 7) is 5.85. The molecule has 0 amide bonds. The molecule has 0 saturated carbocycles. The van der Waals surface area contributed by atoms with Crippen molar-refractivity contribution < 1.29 is 9.84 Å². The summed E-state index contributed by atoms with van der Waals surface area (Å²) in [7, 11) is 1.62.